The van der Waals surface area contributed by atoms with Crippen LogP contribution >= 0.6 is 12.2 Å². The van der Waals surface area contributed by atoms with Gasteiger partial charge in [-0.3, -0.25) is 15.5 Å². The number of rotatable bonds is 3. The molecule has 0 amide bonds. The Morgan fingerprint density at radius 1 is 1.62 bits per heavy atom. The Morgan fingerprint density at radius 3 is 2.88 bits per heavy atom. The third kappa shape index (κ3) is 3.17. The molecule has 84 valence electrons. The molecule has 0 heterocycles. The largest absolute Gasteiger partial charge is 0.872 e. The van der Waals surface area contributed by atoms with Crippen molar-refractivity contribution in [2.75, 3.05) is 0 Å². The van der Waals surface area contributed by atoms with Gasteiger partial charge in [0.05, 0.1) is 11.1 Å². The molecule has 0 fully saturated rings. The maximum absolute atomic E-state index is 11.3. The van der Waals surface area contributed by atoms with Crippen molar-refractivity contribution in [3.8, 4) is 5.75 Å². The first-order chi connectivity index (χ1) is 7.50. The van der Waals surface area contributed by atoms with E-state index in [1.807, 2.05) is 0 Å². The lowest BCUT2D eigenvalue weighted by atomic mass is 10.2. The van der Waals surface area contributed by atoms with Crippen molar-refractivity contribution in [3.63, 3.8) is 0 Å². The highest BCUT2D eigenvalue weighted by atomic mass is 32.1. The normalized spacial score (nSPS) is 10.2. The van der Waals surface area contributed by atoms with E-state index in [1.165, 1.54) is 0 Å². The molecule has 0 aliphatic rings. The summed E-state index contributed by atoms with van der Waals surface area (Å²) >= 11 is 4.48. The molecule has 0 aromatic heterocycles. The van der Waals surface area contributed by atoms with Gasteiger partial charge in [0.1, 0.15) is 0 Å². The predicted molar refractivity (Wildman–Crippen MR) is 60.1 cm³/mol. The average molecular weight is 239 g/mol. The van der Waals surface area contributed by atoms with Crippen LogP contribution in [0.4, 0.5) is 5.69 Å². The van der Waals surface area contributed by atoms with Crippen LogP contribution in [0.1, 0.15) is 5.56 Å². The van der Waals surface area contributed by atoms with Gasteiger partial charge in [-0.05, 0) is 17.8 Å². The van der Waals surface area contributed by atoms with Crippen molar-refractivity contribution in [1.29, 1.82) is 0 Å². The van der Waals surface area contributed by atoms with Gasteiger partial charge in [-0.25, -0.2) is 0 Å². The molecule has 0 atom stereocenters. The zero-order valence-corrected chi connectivity index (χ0v) is 8.73. The van der Waals surface area contributed by atoms with Crippen LogP contribution in [-0.2, 0) is 0 Å². The van der Waals surface area contributed by atoms with E-state index in [0.29, 0.717) is 0 Å². The number of hydrogen-bond acceptors (Lipinski definition) is 5. The van der Waals surface area contributed by atoms with Crippen molar-refractivity contribution in [2.45, 2.75) is 0 Å². The van der Waals surface area contributed by atoms with Crippen LogP contribution in [0.25, 0.3) is 0 Å². The van der Waals surface area contributed by atoms with Crippen molar-refractivity contribution < 1.29 is 10.0 Å². The molecular weight excluding hydrogens is 232 g/mol. The summed E-state index contributed by atoms with van der Waals surface area (Å²) in [5, 5.41) is 25.2. The Kier molecular flexibility index (Phi) is 3.72. The number of nitro groups is 1. The molecule has 1 aromatic rings. The van der Waals surface area contributed by atoms with E-state index in [-0.39, 0.29) is 22.1 Å². The number of nitrogens with two attached hydrogens (primary N) is 1. The first kappa shape index (κ1) is 11.9. The maximum Gasteiger partial charge on any atom is 0.270 e. The van der Waals surface area contributed by atoms with Gasteiger partial charge in [0.25, 0.3) is 5.69 Å². The number of thiocarbonyl (C=S) groups is 1. The summed E-state index contributed by atoms with van der Waals surface area (Å²) in [6.45, 7) is 0. The molecule has 0 bridgehead atoms. The number of nitro benzene ring substituents is 1. The van der Waals surface area contributed by atoms with E-state index in [9.17, 15) is 15.2 Å². The Labute approximate surface area is 95.7 Å². The monoisotopic (exact) mass is 239 g/mol. The van der Waals surface area contributed by atoms with Crippen LogP contribution in [0, 0.1) is 10.1 Å². The lowest BCUT2D eigenvalue weighted by Gasteiger charge is -2.08. The molecule has 16 heavy (non-hydrogen) atoms. The smallest absolute Gasteiger partial charge is 0.270 e. The summed E-state index contributed by atoms with van der Waals surface area (Å²) in [5.41, 5.74) is 7.23. The lowest BCUT2D eigenvalue weighted by Crippen LogP contribution is -2.24. The molecule has 1 aromatic carbocycles. The molecule has 1 rings (SSSR count). The van der Waals surface area contributed by atoms with Crippen molar-refractivity contribution in [2.24, 2.45) is 10.8 Å². The van der Waals surface area contributed by atoms with E-state index in [1.54, 1.807) is 0 Å². The fraction of sp³-hybridized carbons (Fsp3) is 0. The second kappa shape index (κ2) is 5.03. The Balaban J connectivity index is 2.94. The molecule has 0 radical (unpaired) electrons. The van der Waals surface area contributed by atoms with E-state index in [4.69, 9.17) is 5.73 Å². The van der Waals surface area contributed by atoms with Crippen LogP contribution in [-0.4, -0.2) is 16.3 Å². The van der Waals surface area contributed by atoms with E-state index in [2.05, 4.69) is 22.7 Å². The van der Waals surface area contributed by atoms with Crippen LogP contribution in [0.2, 0.25) is 0 Å². The van der Waals surface area contributed by atoms with Crippen molar-refractivity contribution in [3.05, 3.63) is 33.9 Å². The Hall–Kier alpha value is -2.22. The predicted octanol–water partition coefficient (Wildman–Crippen LogP) is -0.165. The number of nitrogens with one attached hydrogen (secondary N) is 1. The molecule has 0 spiro atoms. The van der Waals surface area contributed by atoms with Crippen molar-refractivity contribution in [1.82, 2.24) is 5.43 Å². The summed E-state index contributed by atoms with van der Waals surface area (Å²) in [4.78, 5) is 9.85. The van der Waals surface area contributed by atoms with Gasteiger partial charge in [0.15, 0.2) is 5.11 Å². The highest BCUT2D eigenvalue weighted by Gasteiger charge is 2.05. The molecule has 0 saturated heterocycles. The van der Waals surface area contributed by atoms with Crippen LogP contribution in [0.3, 0.4) is 0 Å². The number of benzene rings is 1. The minimum Gasteiger partial charge on any atom is -0.872 e. The SMILES string of the molecule is NC(=S)NN=Cc1cc([N+](=O)[O-])ccc1[O-]. The molecule has 7 nitrogen and oxygen atoms in total. The third-order valence-corrected chi connectivity index (χ3v) is 1.67. The molecule has 0 aliphatic heterocycles. The highest BCUT2D eigenvalue weighted by molar-refractivity contribution is 7.80. The molecule has 3 N–H and O–H groups in total. The van der Waals surface area contributed by atoms with Crippen LogP contribution in [0.15, 0.2) is 23.3 Å². The number of hydrogen-bond donors (Lipinski definition) is 2. The van der Waals surface area contributed by atoms with Crippen LogP contribution in [0.5, 0.6) is 5.75 Å². The highest BCUT2D eigenvalue weighted by Crippen LogP contribution is 2.18. The Morgan fingerprint density at radius 2 is 2.31 bits per heavy atom. The van der Waals surface area contributed by atoms with Gasteiger partial charge in [0, 0.05) is 12.1 Å². The summed E-state index contributed by atoms with van der Waals surface area (Å²) in [7, 11) is 0. The lowest BCUT2D eigenvalue weighted by molar-refractivity contribution is -0.385. The molecule has 0 unspecified atom stereocenters. The standard InChI is InChI=1S/C8H8N4O3S/c9-8(16)11-10-4-5-3-6(12(14)15)1-2-7(5)13/h1-4,13H,(H3,9,11,16)/p-1. The molecular formula is C8H7N4O3S-. The summed E-state index contributed by atoms with van der Waals surface area (Å²) in [5.74, 6) is -0.376. The topological polar surface area (TPSA) is 117 Å². The van der Waals surface area contributed by atoms with E-state index in [0.717, 1.165) is 24.4 Å². The van der Waals surface area contributed by atoms with Gasteiger partial charge in [-0.2, -0.15) is 5.10 Å². The fourth-order valence-electron chi connectivity index (χ4n) is 0.916. The van der Waals surface area contributed by atoms with E-state index < -0.39 is 4.92 Å². The number of non-ortho nitro benzene ring substituents is 1. The number of nitrogens with zero attached hydrogens (tertiary/aromatic N) is 2. The Bertz CT molecular complexity index is 461. The van der Waals surface area contributed by atoms with Crippen LogP contribution < -0.4 is 16.3 Å². The quantitative estimate of drug-likeness (QED) is 0.327. The van der Waals surface area contributed by atoms with Gasteiger partial charge >= 0.3 is 0 Å². The summed E-state index contributed by atoms with van der Waals surface area (Å²) in [6, 6.07) is 3.34. The van der Waals surface area contributed by atoms with Gasteiger partial charge in [0.2, 0.25) is 0 Å². The minimum atomic E-state index is -0.599. The van der Waals surface area contributed by atoms with E-state index >= 15 is 0 Å². The zero-order valence-electron chi connectivity index (χ0n) is 7.91. The van der Waals surface area contributed by atoms with Gasteiger partial charge in [-0.15, -0.1) is 0 Å². The van der Waals surface area contributed by atoms with Gasteiger partial charge in [-0.1, -0.05) is 11.8 Å². The first-order valence-corrected chi connectivity index (χ1v) is 4.45. The number of hydrazone groups is 1. The average Bonchev–Trinajstić information content (AvgIpc) is 2.20. The minimum absolute atomic E-state index is 0.0610. The first-order valence-electron chi connectivity index (χ1n) is 4.04. The molecule has 0 saturated carbocycles. The zero-order chi connectivity index (χ0) is 12.1. The molecule has 0 aliphatic carbocycles. The third-order valence-electron chi connectivity index (χ3n) is 1.58. The van der Waals surface area contributed by atoms with Gasteiger partial charge < -0.3 is 10.8 Å². The summed E-state index contributed by atoms with van der Waals surface area (Å²) in [6.07, 6.45) is 1.12. The second-order valence-electron chi connectivity index (χ2n) is 2.71. The maximum atomic E-state index is 11.3. The summed E-state index contributed by atoms with van der Waals surface area (Å²) < 4.78 is 0. The fourth-order valence-corrected chi connectivity index (χ4v) is 0.968. The second-order valence-corrected chi connectivity index (χ2v) is 3.15. The van der Waals surface area contributed by atoms with Crippen molar-refractivity contribution >= 4 is 29.2 Å². The molecule has 8 heteroatoms.